The monoisotopic (exact) mass is 272 g/mol. The Bertz CT molecular complexity index is 309. The Hall–Kier alpha value is -0.220. The first kappa shape index (κ1) is 10.9. The summed E-state index contributed by atoms with van der Waals surface area (Å²) in [4.78, 5) is 0. The third kappa shape index (κ3) is 3.56. The molecule has 0 radical (unpaired) electrons. The van der Waals surface area contributed by atoms with Crippen molar-refractivity contribution < 1.29 is 13.2 Å². The fraction of sp³-hybridized carbons (Fsp3) is 0.250. The minimum absolute atomic E-state index is 0.198. The molecule has 0 heterocycles. The molecule has 0 aliphatic heterocycles. The summed E-state index contributed by atoms with van der Waals surface area (Å²) in [6, 6.07) is 4.17. The van der Waals surface area contributed by atoms with Crippen LogP contribution in [0, 0.1) is 0 Å². The zero-order valence-corrected chi connectivity index (χ0v) is 8.67. The number of halogens is 5. The molecular formula is C8H5BrClF3. The predicted molar refractivity (Wildman–Crippen MR) is 48.9 cm³/mol. The average Bonchev–Trinajstić information content (AvgIpc) is 1.94. The maximum Gasteiger partial charge on any atom is 0.393 e. The van der Waals surface area contributed by atoms with Crippen molar-refractivity contribution in [1.82, 2.24) is 0 Å². The molecule has 72 valence electrons. The van der Waals surface area contributed by atoms with E-state index in [1.807, 2.05) is 0 Å². The number of hydrogen-bond donors (Lipinski definition) is 0. The summed E-state index contributed by atoms with van der Waals surface area (Å²) < 4.78 is 36.3. The Morgan fingerprint density at radius 3 is 2.38 bits per heavy atom. The van der Waals surface area contributed by atoms with Gasteiger partial charge in [0.25, 0.3) is 0 Å². The number of rotatable bonds is 1. The second kappa shape index (κ2) is 3.88. The summed E-state index contributed by atoms with van der Waals surface area (Å²) in [5.74, 6) is 0. The molecule has 13 heavy (non-hydrogen) atoms. The number of benzene rings is 1. The molecule has 0 aromatic heterocycles. The van der Waals surface area contributed by atoms with Crippen LogP contribution in [0.5, 0.6) is 0 Å². The van der Waals surface area contributed by atoms with Gasteiger partial charge in [0.05, 0.1) is 11.4 Å². The van der Waals surface area contributed by atoms with Gasteiger partial charge in [-0.3, -0.25) is 0 Å². The van der Waals surface area contributed by atoms with Crippen molar-refractivity contribution in [3.05, 3.63) is 33.3 Å². The van der Waals surface area contributed by atoms with Crippen molar-refractivity contribution in [2.45, 2.75) is 12.6 Å². The molecular weight excluding hydrogens is 268 g/mol. The van der Waals surface area contributed by atoms with Crippen molar-refractivity contribution in [3.63, 3.8) is 0 Å². The van der Waals surface area contributed by atoms with E-state index in [1.54, 1.807) is 0 Å². The van der Waals surface area contributed by atoms with Crippen LogP contribution in [0.2, 0.25) is 5.02 Å². The molecule has 0 unspecified atom stereocenters. The van der Waals surface area contributed by atoms with Crippen LogP contribution in [0.25, 0.3) is 0 Å². The van der Waals surface area contributed by atoms with Gasteiger partial charge in [0.1, 0.15) is 0 Å². The molecule has 0 N–H and O–H groups in total. The largest absolute Gasteiger partial charge is 0.393 e. The van der Waals surface area contributed by atoms with Crippen LogP contribution >= 0.6 is 27.5 Å². The van der Waals surface area contributed by atoms with Gasteiger partial charge in [-0.2, -0.15) is 13.2 Å². The molecule has 1 aromatic rings. The molecule has 0 amide bonds. The molecule has 0 saturated heterocycles. The first-order valence-electron chi connectivity index (χ1n) is 3.39. The van der Waals surface area contributed by atoms with E-state index in [0.717, 1.165) is 0 Å². The summed E-state index contributed by atoms with van der Waals surface area (Å²) >= 11 is 8.68. The number of hydrogen-bond acceptors (Lipinski definition) is 0. The normalized spacial score (nSPS) is 11.8. The van der Waals surface area contributed by atoms with Crippen LogP contribution in [-0.4, -0.2) is 6.18 Å². The van der Waals surface area contributed by atoms with Gasteiger partial charge in [0, 0.05) is 4.47 Å². The second-order valence-electron chi connectivity index (χ2n) is 2.54. The van der Waals surface area contributed by atoms with Gasteiger partial charge in [0.2, 0.25) is 0 Å². The van der Waals surface area contributed by atoms with E-state index in [4.69, 9.17) is 11.6 Å². The van der Waals surface area contributed by atoms with Gasteiger partial charge < -0.3 is 0 Å². The minimum Gasteiger partial charge on any atom is -0.171 e. The van der Waals surface area contributed by atoms with Crippen molar-refractivity contribution in [2.75, 3.05) is 0 Å². The minimum atomic E-state index is -4.17. The van der Waals surface area contributed by atoms with Crippen molar-refractivity contribution in [1.29, 1.82) is 0 Å². The molecule has 5 heteroatoms. The van der Waals surface area contributed by atoms with E-state index < -0.39 is 12.6 Å². The van der Waals surface area contributed by atoms with Crippen molar-refractivity contribution in [2.24, 2.45) is 0 Å². The first-order valence-corrected chi connectivity index (χ1v) is 4.56. The lowest BCUT2D eigenvalue weighted by atomic mass is 10.1. The van der Waals surface area contributed by atoms with Gasteiger partial charge in [-0.1, -0.05) is 17.7 Å². The van der Waals surface area contributed by atoms with E-state index in [2.05, 4.69) is 15.9 Å². The highest BCUT2D eigenvalue weighted by Crippen LogP contribution is 2.27. The maximum absolute atomic E-state index is 11.9. The summed E-state index contributed by atoms with van der Waals surface area (Å²) in [5, 5.41) is 0.408. The Morgan fingerprint density at radius 2 is 1.92 bits per heavy atom. The lowest BCUT2D eigenvalue weighted by molar-refractivity contribution is -0.127. The van der Waals surface area contributed by atoms with Gasteiger partial charge in [-0.25, -0.2) is 0 Å². The standard InChI is InChI=1S/C8H5BrClF3/c9-6-3-5(1-2-7(6)10)4-8(11,12)13/h1-3H,4H2. The van der Waals surface area contributed by atoms with E-state index in [1.165, 1.54) is 18.2 Å². The molecule has 0 aliphatic carbocycles. The molecule has 0 saturated carbocycles. The predicted octanol–water partition coefficient (Wildman–Crippen LogP) is 4.21. The molecule has 0 nitrogen and oxygen atoms in total. The van der Waals surface area contributed by atoms with Gasteiger partial charge in [0.15, 0.2) is 0 Å². The summed E-state index contributed by atoms with van der Waals surface area (Å²) in [5.41, 5.74) is 0.198. The zero-order chi connectivity index (χ0) is 10.1. The molecule has 0 bridgehead atoms. The van der Waals surface area contributed by atoms with E-state index in [-0.39, 0.29) is 5.56 Å². The van der Waals surface area contributed by atoms with Crippen molar-refractivity contribution >= 4 is 27.5 Å². The van der Waals surface area contributed by atoms with E-state index in [0.29, 0.717) is 9.50 Å². The van der Waals surface area contributed by atoms with E-state index >= 15 is 0 Å². The highest BCUT2D eigenvalue weighted by atomic mass is 79.9. The molecule has 1 aromatic carbocycles. The average molecular weight is 273 g/mol. The lowest BCUT2D eigenvalue weighted by Gasteiger charge is -2.06. The van der Waals surface area contributed by atoms with E-state index in [9.17, 15) is 13.2 Å². The van der Waals surface area contributed by atoms with Crippen molar-refractivity contribution in [3.8, 4) is 0 Å². The maximum atomic E-state index is 11.9. The quantitative estimate of drug-likeness (QED) is 0.719. The number of alkyl halides is 3. The highest BCUT2D eigenvalue weighted by molar-refractivity contribution is 9.10. The molecule has 1 rings (SSSR count). The van der Waals surface area contributed by atoms with Gasteiger partial charge in [-0.15, -0.1) is 0 Å². The summed E-state index contributed by atoms with van der Waals surface area (Å²) in [6.07, 6.45) is -5.10. The van der Waals surface area contributed by atoms with Crippen LogP contribution in [0.3, 0.4) is 0 Å². The summed E-state index contributed by atoms with van der Waals surface area (Å²) in [7, 11) is 0. The molecule has 0 spiro atoms. The fourth-order valence-corrected chi connectivity index (χ4v) is 1.42. The van der Waals surface area contributed by atoms with Gasteiger partial charge >= 0.3 is 6.18 Å². The smallest absolute Gasteiger partial charge is 0.171 e. The zero-order valence-electron chi connectivity index (χ0n) is 6.33. The van der Waals surface area contributed by atoms with Crippen LogP contribution in [0.1, 0.15) is 5.56 Å². The Labute approximate surface area is 86.8 Å². The Morgan fingerprint density at radius 1 is 1.31 bits per heavy atom. The molecule has 0 atom stereocenters. The topological polar surface area (TPSA) is 0 Å². The molecule has 0 aliphatic rings. The van der Waals surface area contributed by atoms with Gasteiger partial charge in [-0.05, 0) is 33.6 Å². The first-order chi connectivity index (χ1) is 5.88. The van der Waals surface area contributed by atoms with Crippen LogP contribution in [0.15, 0.2) is 22.7 Å². The second-order valence-corrected chi connectivity index (χ2v) is 3.80. The van der Waals surface area contributed by atoms with Crippen LogP contribution in [0.4, 0.5) is 13.2 Å². The third-order valence-corrected chi connectivity index (χ3v) is 2.60. The third-order valence-electron chi connectivity index (χ3n) is 1.39. The lowest BCUT2D eigenvalue weighted by Crippen LogP contribution is -2.11. The molecule has 0 fully saturated rings. The Kier molecular flexibility index (Phi) is 3.24. The fourth-order valence-electron chi connectivity index (χ4n) is 0.881. The summed E-state index contributed by atoms with van der Waals surface area (Å²) in [6.45, 7) is 0. The SMILES string of the molecule is FC(F)(F)Cc1ccc(Cl)c(Br)c1. The highest BCUT2D eigenvalue weighted by Gasteiger charge is 2.27. The Balaban J connectivity index is 2.86. The van der Waals surface area contributed by atoms with Crippen LogP contribution in [-0.2, 0) is 6.42 Å². The van der Waals surface area contributed by atoms with Crippen LogP contribution < -0.4 is 0 Å².